The van der Waals surface area contributed by atoms with Crippen molar-refractivity contribution < 1.29 is 4.74 Å². The first-order chi connectivity index (χ1) is 9.17. The first kappa shape index (κ1) is 15.3. The monoisotopic (exact) mass is 264 g/mol. The van der Waals surface area contributed by atoms with Gasteiger partial charge in [0, 0.05) is 24.3 Å². The molecule has 0 aromatic carbocycles. The number of hydrogen-bond acceptors (Lipinski definition) is 3. The molecule has 0 bridgehead atoms. The number of hydrogen-bond donors (Lipinski definition) is 2. The first-order valence-corrected chi connectivity index (χ1v) is 6.78. The minimum atomic E-state index is 0.345. The fourth-order valence-corrected chi connectivity index (χ4v) is 1.57. The summed E-state index contributed by atoms with van der Waals surface area (Å²) >= 11 is 0. The molecule has 0 radical (unpaired) electrons. The van der Waals surface area contributed by atoms with Gasteiger partial charge in [0.15, 0.2) is 5.96 Å². The van der Waals surface area contributed by atoms with Crippen LogP contribution in [0.25, 0.3) is 0 Å². The van der Waals surface area contributed by atoms with Crippen molar-refractivity contribution in [3.05, 3.63) is 23.9 Å². The standard InChI is InChI=1S/C14H24N4O/c1-5-15-14(18-11(3)4)17-10-12-8-7-9-16-13(12)19-6-2/h7-9,11H,5-6,10H2,1-4H3,(H2,15,17,18). The maximum absolute atomic E-state index is 5.49. The van der Waals surface area contributed by atoms with Crippen LogP contribution in [0.4, 0.5) is 0 Å². The Morgan fingerprint density at radius 3 is 2.84 bits per heavy atom. The Kier molecular flexibility index (Phi) is 6.71. The van der Waals surface area contributed by atoms with Gasteiger partial charge in [-0.3, -0.25) is 0 Å². The van der Waals surface area contributed by atoms with E-state index in [0.717, 1.165) is 18.1 Å². The smallest absolute Gasteiger partial charge is 0.218 e. The lowest BCUT2D eigenvalue weighted by Gasteiger charge is -2.14. The number of guanidine groups is 1. The molecule has 0 atom stereocenters. The Labute approximate surface area is 115 Å². The second kappa shape index (κ2) is 8.34. The van der Waals surface area contributed by atoms with E-state index in [2.05, 4.69) is 34.5 Å². The minimum Gasteiger partial charge on any atom is -0.478 e. The molecule has 0 saturated carbocycles. The third-order valence-electron chi connectivity index (χ3n) is 2.31. The predicted octanol–water partition coefficient (Wildman–Crippen LogP) is 1.94. The molecule has 0 unspecified atom stereocenters. The fourth-order valence-electron chi connectivity index (χ4n) is 1.57. The molecule has 0 fully saturated rings. The van der Waals surface area contributed by atoms with E-state index in [0.29, 0.717) is 25.1 Å². The summed E-state index contributed by atoms with van der Waals surface area (Å²) in [6, 6.07) is 4.23. The highest BCUT2D eigenvalue weighted by Crippen LogP contribution is 2.15. The number of nitrogens with one attached hydrogen (secondary N) is 2. The van der Waals surface area contributed by atoms with Crippen LogP contribution in [0.1, 0.15) is 33.3 Å². The van der Waals surface area contributed by atoms with Crippen LogP contribution in [0.3, 0.4) is 0 Å². The fraction of sp³-hybridized carbons (Fsp3) is 0.571. The van der Waals surface area contributed by atoms with Crippen LogP contribution in [0.15, 0.2) is 23.3 Å². The van der Waals surface area contributed by atoms with E-state index in [1.807, 2.05) is 26.0 Å². The van der Waals surface area contributed by atoms with Gasteiger partial charge in [0.25, 0.3) is 0 Å². The van der Waals surface area contributed by atoms with Gasteiger partial charge >= 0.3 is 0 Å². The van der Waals surface area contributed by atoms with Crippen LogP contribution in [0.2, 0.25) is 0 Å². The molecule has 0 aliphatic heterocycles. The Morgan fingerprint density at radius 2 is 2.21 bits per heavy atom. The van der Waals surface area contributed by atoms with Crippen LogP contribution in [-0.4, -0.2) is 30.1 Å². The van der Waals surface area contributed by atoms with Crippen molar-refractivity contribution in [1.82, 2.24) is 15.6 Å². The van der Waals surface area contributed by atoms with E-state index in [1.54, 1.807) is 6.20 Å². The molecule has 1 rings (SSSR count). The molecule has 1 aromatic rings. The van der Waals surface area contributed by atoms with Gasteiger partial charge in [0.2, 0.25) is 5.88 Å². The van der Waals surface area contributed by atoms with Crippen LogP contribution < -0.4 is 15.4 Å². The molecule has 0 spiro atoms. The van der Waals surface area contributed by atoms with Crippen molar-refractivity contribution in [1.29, 1.82) is 0 Å². The molecule has 1 heterocycles. The number of nitrogens with zero attached hydrogens (tertiary/aromatic N) is 2. The molecule has 2 N–H and O–H groups in total. The Bertz CT molecular complexity index is 404. The van der Waals surface area contributed by atoms with Crippen LogP contribution in [-0.2, 0) is 6.54 Å². The SMILES string of the molecule is CCNC(=NCc1cccnc1OCC)NC(C)C. The maximum atomic E-state index is 5.49. The second-order valence-electron chi connectivity index (χ2n) is 4.39. The van der Waals surface area contributed by atoms with Gasteiger partial charge in [-0.15, -0.1) is 0 Å². The maximum Gasteiger partial charge on any atom is 0.218 e. The van der Waals surface area contributed by atoms with Crippen LogP contribution >= 0.6 is 0 Å². The van der Waals surface area contributed by atoms with Gasteiger partial charge in [0.05, 0.1) is 13.2 Å². The predicted molar refractivity (Wildman–Crippen MR) is 78.5 cm³/mol. The van der Waals surface area contributed by atoms with E-state index < -0.39 is 0 Å². The van der Waals surface area contributed by atoms with Crippen LogP contribution in [0.5, 0.6) is 5.88 Å². The molecule has 19 heavy (non-hydrogen) atoms. The zero-order chi connectivity index (χ0) is 14.1. The zero-order valence-electron chi connectivity index (χ0n) is 12.2. The molecule has 0 amide bonds. The summed E-state index contributed by atoms with van der Waals surface area (Å²) < 4.78 is 5.49. The molecule has 5 nitrogen and oxygen atoms in total. The van der Waals surface area contributed by atoms with E-state index in [9.17, 15) is 0 Å². The third-order valence-corrected chi connectivity index (χ3v) is 2.31. The minimum absolute atomic E-state index is 0.345. The first-order valence-electron chi connectivity index (χ1n) is 6.78. The average molecular weight is 264 g/mol. The second-order valence-corrected chi connectivity index (χ2v) is 4.39. The molecule has 0 aliphatic carbocycles. The van der Waals surface area contributed by atoms with Crippen molar-refractivity contribution >= 4 is 5.96 Å². The molecule has 0 saturated heterocycles. The van der Waals surface area contributed by atoms with Crippen molar-refractivity contribution in [2.75, 3.05) is 13.2 Å². The van der Waals surface area contributed by atoms with Crippen molar-refractivity contribution in [3.8, 4) is 5.88 Å². The van der Waals surface area contributed by atoms with Gasteiger partial charge in [-0.25, -0.2) is 9.98 Å². The Morgan fingerprint density at radius 1 is 1.42 bits per heavy atom. The zero-order valence-corrected chi connectivity index (χ0v) is 12.2. The van der Waals surface area contributed by atoms with Gasteiger partial charge in [0.1, 0.15) is 0 Å². The Hall–Kier alpha value is -1.78. The highest BCUT2D eigenvalue weighted by molar-refractivity contribution is 5.80. The molecule has 0 aliphatic rings. The van der Waals surface area contributed by atoms with Gasteiger partial charge < -0.3 is 15.4 Å². The summed E-state index contributed by atoms with van der Waals surface area (Å²) in [6.45, 7) is 10.2. The topological polar surface area (TPSA) is 58.5 Å². The largest absolute Gasteiger partial charge is 0.478 e. The molecular weight excluding hydrogens is 240 g/mol. The van der Waals surface area contributed by atoms with Gasteiger partial charge in [-0.05, 0) is 33.8 Å². The van der Waals surface area contributed by atoms with Crippen LogP contribution in [0, 0.1) is 0 Å². The highest BCUT2D eigenvalue weighted by atomic mass is 16.5. The summed E-state index contributed by atoms with van der Waals surface area (Å²) in [6.07, 6.45) is 1.73. The number of aliphatic imine (C=N–C) groups is 1. The molecule has 5 heteroatoms. The van der Waals surface area contributed by atoms with E-state index in [-0.39, 0.29) is 0 Å². The summed E-state index contributed by atoms with van der Waals surface area (Å²) in [5, 5.41) is 6.49. The summed E-state index contributed by atoms with van der Waals surface area (Å²) in [7, 11) is 0. The third kappa shape index (κ3) is 5.59. The van der Waals surface area contributed by atoms with Gasteiger partial charge in [-0.2, -0.15) is 0 Å². The average Bonchev–Trinajstić information content (AvgIpc) is 2.37. The quantitative estimate of drug-likeness (QED) is 0.609. The van der Waals surface area contributed by atoms with Gasteiger partial charge in [-0.1, -0.05) is 6.07 Å². The Balaban J connectivity index is 2.75. The number of aromatic nitrogens is 1. The summed E-state index contributed by atoms with van der Waals surface area (Å²) in [4.78, 5) is 8.76. The number of rotatable bonds is 6. The lowest BCUT2D eigenvalue weighted by Crippen LogP contribution is -2.41. The van der Waals surface area contributed by atoms with E-state index >= 15 is 0 Å². The number of pyridine rings is 1. The number of ether oxygens (including phenoxy) is 1. The van der Waals surface area contributed by atoms with Crippen molar-refractivity contribution in [2.24, 2.45) is 4.99 Å². The lowest BCUT2D eigenvalue weighted by molar-refractivity contribution is 0.323. The van der Waals surface area contributed by atoms with E-state index in [1.165, 1.54) is 0 Å². The van der Waals surface area contributed by atoms with Crippen molar-refractivity contribution in [2.45, 2.75) is 40.3 Å². The summed E-state index contributed by atoms with van der Waals surface area (Å²) in [5.74, 6) is 1.47. The highest BCUT2D eigenvalue weighted by Gasteiger charge is 2.04. The van der Waals surface area contributed by atoms with E-state index in [4.69, 9.17) is 4.74 Å². The van der Waals surface area contributed by atoms with Crippen molar-refractivity contribution in [3.63, 3.8) is 0 Å². The molecule has 1 aromatic heterocycles. The summed E-state index contributed by atoms with van der Waals surface area (Å²) in [5.41, 5.74) is 0.991. The molecular formula is C14H24N4O. The molecule has 106 valence electrons. The lowest BCUT2D eigenvalue weighted by atomic mass is 10.3. The normalized spacial score (nSPS) is 11.5.